The van der Waals surface area contributed by atoms with Gasteiger partial charge in [-0.15, -0.1) is 0 Å². The number of hydrogen-bond donors (Lipinski definition) is 1. The normalized spacial score (nSPS) is 17.9. The first-order valence-electron chi connectivity index (χ1n) is 5.85. The summed E-state index contributed by atoms with van der Waals surface area (Å²) in [6, 6.07) is 7.63. The highest BCUT2D eigenvalue weighted by molar-refractivity contribution is 6.00. The van der Waals surface area contributed by atoms with Gasteiger partial charge in [0.2, 0.25) is 0 Å². The molecule has 18 heavy (non-hydrogen) atoms. The van der Waals surface area contributed by atoms with Crippen LogP contribution in [0.1, 0.15) is 12.5 Å². The molecule has 94 valence electrons. The van der Waals surface area contributed by atoms with E-state index in [4.69, 9.17) is 15.7 Å². The molecule has 0 saturated heterocycles. The molecular formula is C13H15N3O2. The van der Waals surface area contributed by atoms with E-state index in [1.54, 1.807) is 6.92 Å². The zero-order valence-electron chi connectivity index (χ0n) is 10.2. The molecule has 1 aliphatic heterocycles. The zero-order chi connectivity index (χ0) is 13.1. The predicted octanol–water partition coefficient (Wildman–Crippen LogP) is 0.825. The van der Waals surface area contributed by atoms with Crippen LogP contribution in [0.15, 0.2) is 18.2 Å². The summed E-state index contributed by atoms with van der Waals surface area (Å²) in [7, 11) is 0. The number of carbonyl (C=O) groups excluding carboxylic acids is 1. The lowest BCUT2D eigenvalue weighted by Crippen LogP contribution is -2.44. The molecule has 0 fully saturated rings. The van der Waals surface area contributed by atoms with Crippen LogP contribution in [0.2, 0.25) is 0 Å². The molecule has 1 aromatic rings. The van der Waals surface area contributed by atoms with E-state index in [0.29, 0.717) is 18.0 Å². The van der Waals surface area contributed by atoms with Gasteiger partial charge < -0.3 is 10.5 Å². The van der Waals surface area contributed by atoms with Gasteiger partial charge in [-0.2, -0.15) is 5.26 Å². The summed E-state index contributed by atoms with van der Waals surface area (Å²) in [5.41, 5.74) is 7.21. The van der Waals surface area contributed by atoms with E-state index in [0.717, 1.165) is 12.0 Å². The number of ether oxygens (including phenoxy) is 1. The van der Waals surface area contributed by atoms with E-state index >= 15 is 0 Å². The van der Waals surface area contributed by atoms with Crippen LogP contribution in [-0.2, 0) is 11.2 Å². The van der Waals surface area contributed by atoms with Gasteiger partial charge in [0.1, 0.15) is 12.3 Å². The Morgan fingerprint density at radius 1 is 1.56 bits per heavy atom. The Labute approximate surface area is 106 Å². The van der Waals surface area contributed by atoms with Gasteiger partial charge in [-0.05, 0) is 37.6 Å². The molecule has 2 rings (SSSR count). The van der Waals surface area contributed by atoms with Gasteiger partial charge in [0.15, 0.2) is 6.10 Å². The third-order valence-corrected chi connectivity index (χ3v) is 2.89. The van der Waals surface area contributed by atoms with E-state index in [2.05, 4.69) is 0 Å². The standard InChI is InChI=1S/C13H15N3O2/c1-9-13(17)16(7-6-15)11-8-10(4-5-14)2-3-12(11)18-9/h2-3,8-9H,4-5,7,14H2,1H3. The van der Waals surface area contributed by atoms with Crippen LogP contribution in [0.3, 0.4) is 0 Å². The maximum absolute atomic E-state index is 12.0. The van der Waals surface area contributed by atoms with Gasteiger partial charge in [0, 0.05) is 0 Å². The lowest BCUT2D eigenvalue weighted by atomic mass is 10.1. The Morgan fingerprint density at radius 2 is 2.33 bits per heavy atom. The SMILES string of the molecule is CC1Oc2ccc(CCN)cc2N(CC#N)C1=O. The van der Waals surface area contributed by atoms with E-state index in [1.807, 2.05) is 24.3 Å². The number of benzene rings is 1. The maximum atomic E-state index is 12.0. The minimum atomic E-state index is -0.550. The molecule has 1 amide bonds. The number of nitrogens with two attached hydrogens (primary N) is 1. The Bertz CT molecular complexity index is 507. The van der Waals surface area contributed by atoms with Crippen molar-refractivity contribution < 1.29 is 9.53 Å². The van der Waals surface area contributed by atoms with Crippen LogP contribution < -0.4 is 15.4 Å². The van der Waals surface area contributed by atoms with E-state index < -0.39 is 6.10 Å². The van der Waals surface area contributed by atoms with Crippen molar-refractivity contribution in [3.05, 3.63) is 23.8 Å². The first-order valence-corrected chi connectivity index (χ1v) is 5.85. The monoisotopic (exact) mass is 245 g/mol. The molecule has 0 aliphatic carbocycles. The Hall–Kier alpha value is -2.06. The quantitative estimate of drug-likeness (QED) is 0.800. The number of hydrogen-bond acceptors (Lipinski definition) is 4. The fourth-order valence-corrected chi connectivity index (χ4v) is 2.01. The number of amides is 1. The van der Waals surface area contributed by atoms with Crippen LogP contribution in [-0.4, -0.2) is 25.1 Å². The van der Waals surface area contributed by atoms with Gasteiger partial charge >= 0.3 is 0 Å². The number of fused-ring (bicyclic) bond motifs is 1. The summed E-state index contributed by atoms with van der Waals surface area (Å²) < 4.78 is 5.52. The molecule has 0 spiro atoms. The van der Waals surface area contributed by atoms with Gasteiger partial charge in [-0.3, -0.25) is 9.69 Å². The van der Waals surface area contributed by atoms with Gasteiger partial charge in [0.05, 0.1) is 11.8 Å². The minimum Gasteiger partial charge on any atom is -0.479 e. The molecule has 1 atom stereocenters. The molecular weight excluding hydrogens is 230 g/mol. The summed E-state index contributed by atoms with van der Waals surface area (Å²) >= 11 is 0. The van der Waals surface area contributed by atoms with E-state index in [1.165, 1.54) is 4.90 Å². The smallest absolute Gasteiger partial charge is 0.268 e. The number of nitriles is 1. The van der Waals surface area contributed by atoms with Crippen molar-refractivity contribution in [2.75, 3.05) is 18.0 Å². The van der Waals surface area contributed by atoms with Crippen molar-refractivity contribution in [1.29, 1.82) is 5.26 Å². The molecule has 0 saturated carbocycles. The minimum absolute atomic E-state index is 0.0333. The van der Waals surface area contributed by atoms with Crippen molar-refractivity contribution >= 4 is 11.6 Å². The lowest BCUT2D eigenvalue weighted by Gasteiger charge is -2.31. The van der Waals surface area contributed by atoms with Crippen molar-refractivity contribution in [1.82, 2.24) is 0 Å². The highest BCUT2D eigenvalue weighted by Gasteiger charge is 2.31. The Balaban J connectivity index is 2.42. The molecule has 1 unspecified atom stereocenters. The third kappa shape index (κ3) is 2.15. The summed E-state index contributed by atoms with van der Waals surface area (Å²) in [6.45, 7) is 2.26. The summed E-state index contributed by atoms with van der Waals surface area (Å²) in [5.74, 6) is 0.451. The lowest BCUT2D eigenvalue weighted by molar-refractivity contribution is -0.125. The summed E-state index contributed by atoms with van der Waals surface area (Å²) in [4.78, 5) is 13.4. The molecule has 1 aliphatic rings. The van der Waals surface area contributed by atoms with Gasteiger partial charge in [-0.25, -0.2) is 0 Å². The molecule has 5 nitrogen and oxygen atoms in total. The molecule has 0 bridgehead atoms. The average Bonchev–Trinajstić information content (AvgIpc) is 2.36. The zero-order valence-corrected chi connectivity index (χ0v) is 10.2. The Morgan fingerprint density at radius 3 is 3.00 bits per heavy atom. The topological polar surface area (TPSA) is 79.3 Å². The largest absolute Gasteiger partial charge is 0.479 e. The predicted molar refractivity (Wildman–Crippen MR) is 67.3 cm³/mol. The van der Waals surface area contributed by atoms with Crippen LogP contribution in [0, 0.1) is 11.3 Å². The molecule has 5 heteroatoms. The molecule has 1 heterocycles. The first kappa shape index (κ1) is 12.4. The van der Waals surface area contributed by atoms with Crippen molar-refractivity contribution in [3.8, 4) is 11.8 Å². The van der Waals surface area contributed by atoms with Crippen molar-refractivity contribution in [2.45, 2.75) is 19.4 Å². The number of carbonyl (C=O) groups is 1. The van der Waals surface area contributed by atoms with Crippen LogP contribution >= 0.6 is 0 Å². The number of nitrogens with zero attached hydrogens (tertiary/aromatic N) is 2. The van der Waals surface area contributed by atoms with E-state index in [9.17, 15) is 4.79 Å². The second kappa shape index (κ2) is 5.07. The fourth-order valence-electron chi connectivity index (χ4n) is 2.01. The fraction of sp³-hybridized carbons (Fsp3) is 0.385. The molecule has 1 aromatic carbocycles. The first-order chi connectivity index (χ1) is 8.67. The number of rotatable bonds is 3. The maximum Gasteiger partial charge on any atom is 0.268 e. The molecule has 0 radical (unpaired) electrons. The summed E-state index contributed by atoms with van der Waals surface area (Å²) in [5, 5.41) is 8.82. The third-order valence-electron chi connectivity index (χ3n) is 2.89. The highest BCUT2D eigenvalue weighted by atomic mass is 16.5. The van der Waals surface area contributed by atoms with E-state index in [-0.39, 0.29) is 12.5 Å². The van der Waals surface area contributed by atoms with Gasteiger partial charge in [0.25, 0.3) is 5.91 Å². The van der Waals surface area contributed by atoms with Gasteiger partial charge in [-0.1, -0.05) is 6.07 Å². The second-order valence-electron chi connectivity index (χ2n) is 4.18. The number of anilines is 1. The van der Waals surface area contributed by atoms with Crippen LogP contribution in [0.4, 0.5) is 5.69 Å². The second-order valence-corrected chi connectivity index (χ2v) is 4.18. The Kier molecular flexibility index (Phi) is 3.49. The average molecular weight is 245 g/mol. The van der Waals surface area contributed by atoms with Crippen molar-refractivity contribution in [3.63, 3.8) is 0 Å². The van der Waals surface area contributed by atoms with Crippen LogP contribution in [0.5, 0.6) is 5.75 Å². The highest BCUT2D eigenvalue weighted by Crippen LogP contribution is 2.34. The van der Waals surface area contributed by atoms with Crippen LogP contribution in [0.25, 0.3) is 0 Å². The van der Waals surface area contributed by atoms with Crippen molar-refractivity contribution in [2.24, 2.45) is 5.73 Å². The molecule has 0 aromatic heterocycles. The molecule has 2 N–H and O–H groups in total. The summed E-state index contributed by atoms with van der Waals surface area (Å²) in [6.07, 6.45) is 0.184.